The molecule has 1 rings (SSSR count). The van der Waals surface area contributed by atoms with Gasteiger partial charge in [-0.3, -0.25) is 18.6 Å². The summed E-state index contributed by atoms with van der Waals surface area (Å²) < 4.78 is 38.5. The second kappa shape index (κ2) is 36.0. The summed E-state index contributed by atoms with van der Waals surface area (Å²) >= 11 is 0. The van der Waals surface area contributed by atoms with Crippen LogP contribution in [0.2, 0.25) is 0 Å². The van der Waals surface area contributed by atoms with Crippen molar-refractivity contribution >= 4 is 19.8 Å². The Hall–Kier alpha value is -2.11. The molecular weight excluding hydrogens is 735 g/mol. The third-order valence-electron chi connectivity index (χ3n) is 9.38. The van der Waals surface area contributed by atoms with Gasteiger partial charge in [0.2, 0.25) is 0 Å². The first kappa shape index (κ1) is 51.9. The molecule has 3 N–H and O–H groups in total. The number of epoxide rings is 1. The van der Waals surface area contributed by atoms with E-state index in [0.29, 0.717) is 25.0 Å². The van der Waals surface area contributed by atoms with Gasteiger partial charge in [-0.2, -0.15) is 0 Å². The van der Waals surface area contributed by atoms with Crippen LogP contribution in [-0.4, -0.2) is 77.9 Å². The van der Waals surface area contributed by atoms with Crippen molar-refractivity contribution in [2.45, 2.75) is 192 Å². The molecule has 1 saturated heterocycles. The lowest BCUT2D eigenvalue weighted by atomic mass is 10.1. The molecule has 0 aromatic heterocycles. The van der Waals surface area contributed by atoms with Gasteiger partial charge in [0.15, 0.2) is 6.10 Å². The largest absolute Gasteiger partial charge is 0.472 e. The first-order valence-corrected chi connectivity index (χ1v) is 23.2. The molecule has 0 spiro atoms. The molecule has 0 aliphatic carbocycles. The topological polar surface area (TPSA) is 161 Å². The molecule has 0 amide bonds. The number of aliphatic hydroxyl groups is 2. The van der Waals surface area contributed by atoms with E-state index >= 15 is 0 Å². The van der Waals surface area contributed by atoms with Crippen LogP contribution in [0.5, 0.6) is 0 Å². The number of phosphoric ester groups is 1. The zero-order chi connectivity index (χ0) is 41.0. The average molecular weight is 813 g/mol. The van der Waals surface area contributed by atoms with Crippen LogP contribution in [0.4, 0.5) is 0 Å². The number of esters is 2. The van der Waals surface area contributed by atoms with E-state index in [4.69, 9.17) is 23.8 Å². The average Bonchev–Trinajstić information content (AvgIpc) is 3.94. The molecule has 56 heavy (non-hydrogen) atoms. The van der Waals surface area contributed by atoms with Crippen molar-refractivity contribution < 1.29 is 52.5 Å². The number of allylic oxidation sites excluding steroid dienone is 7. The summed E-state index contributed by atoms with van der Waals surface area (Å²) in [5.74, 6) is -0.976. The van der Waals surface area contributed by atoms with Crippen molar-refractivity contribution in [2.75, 3.05) is 26.4 Å². The lowest BCUT2D eigenvalue weighted by molar-refractivity contribution is -0.161. The molecule has 11 nitrogen and oxygen atoms in total. The first-order chi connectivity index (χ1) is 27.2. The molecule has 5 atom stereocenters. The Balaban J connectivity index is 2.28. The molecule has 0 saturated carbocycles. The third-order valence-corrected chi connectivity index (χ3v) is 10.3. The van der Waals surface area contributed by atoms with E-state index in [1.165, 1.54) is 38.5 Å². The highest BCUT2D eigenvalue weighted by atomic mass is 31.2. The third kappa shape index (κ3) is 32.9. The summed E-state index contributed by atoms with van der Waals surface area (Å²) in [5, 5.41) is 18.3. The van der Waals surface area contributed by atoms with Crippen molar-refractivity contribution in [2.24, 2.45) is 0 Å². The van der Waals surface area contributed by atoms with E-state index in [9.17, 15) is 24.2 Å². The number of unbranched alkanes of at least 4 members (excludes halogenated alkanes) is 14. The van der Waals surface area contributed by atoms with Crippen molar-refractivity contribution in [1.82, 2.24) is 0 Å². The predicted octanol–water partition coefficient (Wildman–Crippen LogP) is 10.3. The van der Waals surface area contributed by atoms with Crippen molar-refractivity contribution in [3.8, 4) is 0 Å². The van der Waals surface area contributed by atoms with Gasteiger partial charge in [0.1, 0.15) is 12.7 Å². The fourth-order valence-corrected chi connectivity index (χ4v) is 6.68. The summed E-state index contributed by atoms with van der Waals surface area (Å²) in [4.78, 5) is 35.0. The lowest BCUT2D eigenvalue weighted by Crippen LogP contribution is -2.29. The highest BCUT2D eigenvalue weighted by Crippen LogP contribution is 2.43. The van der Waals surface area contributed by atoms with Crippen LogP contribution in [0.25, 0.3) is 0 Å². The van der Waals surface area contributed by atoms with Gasteiger partial charge in [-0.15, -0.1) is 0 Å². The maximum absolute atomic E-state index is 12.6. The second-order valence-corrected chi connectivity index (χ2v) is 16.2. The number of phosphoric acid groups is 1. The van der Waals surface area contributed by atoms with Crippen LogP contribution >= 0.6 is 7.82 Å². The molecule has 324 valence electrons. The molecule has 1 fully saturated rings. The van der Waals surface area contributed by atoms with E-state index in [1.54, 1.807) is 0 Å². The number of aliphatic hydroxyl groups excluding tert-OH is 2. The minimum absolute atomic E-state index is 0.151. The van der Waals surface area contributed by atoms with Crippen LogP contribution in [0.1, 0.15) is 168 Å². The van der Waals surface area contributed by atoms with Crippen LogP contribution < -0.4 is 0 Å². The van der Waals surface area contributed by atoms with Crippen LogP contribution in [0, 0.1) is 0 Å². The predicted molar refractivity (Wildman–Crippen MR) is 223 cm³/mol. The monoisotopic (exact) mass is 813 g/mol. The fraction of sp³-hybridized carbons (Fsp3) is 0.773. The molecule has 0 aromatic rings. The van der Waals surface area contributed by atoms with E-state index in [1.807, 2.05) is 0 Å². The second-order valence-electron chi connectivity index (χ2n) is 14.7. The van der Waals surface area contributed by atoms with Gasteiger partial charge in [-0.25, -0.2) is 4.57 Å². The van der Waals surface area contributed by atoms with Crippen LogP contribution in [-0.2, 0) is 37.4 Å². The molecule has 0 radical (unpaired) electrons. The molecule has 1 heterocycles. The minimum atomic E-state index is -4.63. The number of carbonyl (C=O) groups excluding carboxylic acids is 2. The Morgan fingerprint density at radius 2 is 1.16 bits per heavy atom. The fourth-order valence-electron chi connectivity index (χ4n) is 5.89. The van der Waals surface area contributed by atoms with E-state index < -0.39 is 51.8 Å². The Kier molecular flexibility index (Phi) is 33.4. The van der Waals surface area contributed by atoms with Crippen molar-refractivity contribution in [1.29, 1.82) is 0 Å². The van der Waals surface area contributed by atoms with Gasteiger partial charge < -0.3 is 29.3 Å². The quantitative estimate of drug-likeness (QED) is 0.0178. The van der Waals surface area contributed by atoms with Gasteiger partial charge in [-0.05, 0) is 77.0 Å². The molecule has 1 aliphatic heterocycles. The van der Waals surface area contributed by atoms with E-state index in [0.717, 1.165) is 89.9 Å². The molecule has 0 bridgehead atoms. The van der Waals surface area contributed by atoms with Gasteiger partial charge in [0.05, 0.1) is 32.0 Å². The number of ether oxygens (including phenoxy) is 3. The van der Waals surface area contributed by atoms with Gasteiger partial charge in [0, 0.05) is 12.8 Å². The van der Waals surface area contributed by atoms with Gasteiger partial charge >= 0.3 is 19.8 Å². The Labute approximate surface area is 338 Å². The molecule has 12 heteroatoms. The summed E-state index contributed by atoms with van der Waals surface area (Å²) in [5.41, 5.74) is 0. The van der Waals surface area contributed by atoms with Crippen LogP contribution in [0.15, 0.2) is 48.6 Å². The van der Waals surface area contributed by atoms with Crippen molar-refractivity contribution in [3.63, 3.8) is 0 Å². The molecule has 0 aromatic carbocycles. The highest BCUT2D eigenvalue weighted by molar-refractivity contribution is 7.47. The Morgan fingerprint density at radius 1 is 0.643 bits per heavy atom. The number of hydrogen-bond donors (Lipinski definition) is 3. The summed E-state index contributed by atoms with van der Waals surface area (Å²) in [6.45, 7) is 2.26. The SMILES string of the molecule is CCCCC/C=C\C/C=C\C/C=C\CCCCCCC(=O)O[C@H](COC(=O)CCCCCCCC1OC1C/C=C\CCCCC)COP(=O)(O)OC[C@@H](O)CO. The summed E-state index contributed by atoms with van der Waals surface area (Å²) in [6.07, 6.45) is 39.5. The zero-order valence-electron chi connectivity index (χ0n) is 34.8. The number of rotatable bonds is 39. The minimum Gasteiger partial charge on any atom is -0.462 e. The van der Waals surface area contributed by atoms with Gasteiger partial charge in [0.25, 0.3) is 0 Å². The summed E-state index contributed by atoms with van der Waals surface area (Å²) in [6, 6.07) is 0. The maximum atomic E-state index is 12.6. The number of carbonyl (C=O) groups is 2. The van der Waals surface area contributed by atoms with Gasteiger partial charge in [-0.1, -0.05) is 127 Å². The Morgan fingerprint density at radius 3 is 1.79 bits per heavy atom. The molecular formula is C44H77O11P. The normalized spacial score (nSPS) is 17.9. The number of hydrogen-bond acceptors (Lipinski definition) is 10. The van der Waals surface area contributed by atoms with Crippen LogP contribution in [0.3, 0.4) is 0 Å². The summed E-state index contributed by atoms with van der Waals surface area (Å²) in [7, 11) is -4.63. The Bertz CT molecular complexity index is 1140. The zero-order valence-corrected chi connectivity index (χ0v) is 35.7. The smallest absolute Gasteiger partial charge is 0.462 e. The molecule has 3 unspecified atom stereocenters. The standard InChI is InChI=1S/C44H77O11P/c1-3-5-7-9-11-12-13-14-15-16-17-18-19-20-21-25-30-34-44(48)54-40(38-53-56(49,50)52-36-39(46)35-45)37-51-43(47)33-29-26-22-24-28-32-42-41(55-42)31-27-23-10-8-6-4-2/h11-12,14-15,17-18,23,27,39-42,45-46H,3-10,13,16,19-22,24-26,28-38H2,1-2H3,(H,49,50)/b12-11-,15-14-,18-17-,27-23-/t39-,40+,41?,42?/m0/s1. The lowest BCUT2D eigenvalue weighted by Gasteiger charge is -2.20. The maximum Gasteiger partial charge on any atom is 0.472 e. The highest BCUT2D eigenvalue weighted by Gasteiger charge is 2.36. The van der Waals surface area contributed by atoms with E-state index in [2.05, 4.69) is 67.0 Å². The first-order valence-electron chi connectivity index (χ1n) is 21.7. The molecule has 1 aliphatic rings. The van der Waals surface area contributed by atoms with Crippen molar-refractivity contribution in [3.05, 3.63) is 48.6 Å². The van der Waals surface area contributed by atoms with E-state index in [-0.39, 0.29) is 19.4 Å².